The van der Waals surface area contributed by atoms with Gasteiger partial charge in [-0.1, -0.05) is 26.0 Å². The van der Waals surface area contributed by atoms with Crippen LogP contribution in [0.2, 0.25) is 0 Å². The van der Waals surface area contributed by atoms with E-state index in [0.29, 0.717) is 11.3 Å². The Labute approximate surface area is 118 Å². The second kappa shape index (κ2) is 6.24. The number of phenolic OH excluding ortho intramolecular Hbond substituents is 1. The van der Waals surface area contributed by atoms with Gasteiger partial charge in [0, 0.05) is 0 Å². The Balaban J connectivity index is 2.27. The Morgan fingerprint density at radius 3 is 2.35 bits per heavy atom. The van der Waals surface area contributed by atoms with Crippen LogP contribution in [0.5, 0.6) is 11.5 Å². The first-order chi connectivity index (χ1) is 9.65. The van der Waals surface area contributed by atoms with E-state index in [1.807, 2.05) is 19.1 Å². The third kappa shape index (κ3) is 2.99. The molecule has 0 aliphatic rings. The smallest absolute Gasteiger partial charge is 0.343 e. The molecule has 0 aliphatic carbocycles. The van der Waals surface area contributed by atoms with Crippen molar-refractivity contribution in [1.29, 1.82) is 0 Å². The molecule has 0 amide bonds. The highest BCUT2D eigenvalue weighted by molar-refractivity contribution is 5.93. The van der Waals surface area contributed by atoms with Gasteiger partial charge in [-0.05, 0) is 54.3 Å². The molecule has 0 aromatic heterocycles. The van der Waals surface area contributed by atoms with Crippen molar-refractivity contribution in [3.63, 3.8) is 0 Å². The van der Waals surface area contributed by atoms with Crippen molar-refractivity contribution in [3.8, 4) is 11.5 Å². The molecule has 0 saturated carbocycles. The first-order valence-corrected chi connectivity index (χ1v) is 6.77. The summed E-state index contributed by atoms with van der Waals surface area (Å²) >= 11 is 0. The number of hydrogen-bond acceptors (Lipinski definition) is 3. The molecule has 104 valence electrons. The minimum absolute atomic E-state index is 0.145. The number of hydrogen-bond donors (Lipinski definition) is 1. The fourth-order valence-corrected chi connectivity index (χ4v) is 2.25. The standard InChI is InChI=1S/C17H18O3/c1-3-12-6-5-7-16(15(12)4-2)17(19)20-14-10-8-13(18)9-11-14/h5-11,18H,3-4H2,1-2H3. The van der Waals surface area contributed by atoms with Crippen LogP contribution in [0.1, 0.15) is 35.3 Å². The maximum Gasteiger partial charge on any atom is 0.343 e. The minimum Gasteiger partial charge on any atom is -0.508 e. The van der Waals surface area contributed by atoms with E-state index in [2.05, 4.69) is 6.92 Å². The van der Waals surface area contributed by atoms with Gasteiger partial charge in [-0.2, -0.15) is 0 Å². The second-order valence-electron chi connectivity index (χ2n) is 4.53. The van der Waals surface area contributed by atoms with E-state index in [1.54, 1.807) is 18.2 Å². The van der Waals surface area contributed by atoms with Gasteiger partial charge in [-0.15, -0.1) is 0 Å². The molecule has 0 unspecified atom stereocenters. The van der Waals surface area contributed by atoms with Crippen molar-refractivity contribution in [2.45, 2.75) is 26.7 Å². The lowest BCUT2D eigenvalue weighted by Crippen LogP contribution is -2.12. The largest absolute Gasteiger partial charge is 0.508 e. The summed E-state index contributed by atoms with van der Waals surface area (Å²) in [4.78, 5) is 12.3. The molecule has 20 heavy (non-hydrogen) atoms. The summed E-state index contributed by atoms with van der Waals surface area (Å²) in [6.07, 6.45) is 1.69. The van der Waals surface area contributed by atoms with Crippen LogP contribution in [0.3, 0.4) is 0 Å². The summed E-state index contributed by atoms with van der Waals surface area (Å²) in [5.74, 6) is 0.214. The number of ether oxygens (including phenoxy) is 1. The first-order valence-electron chi connectivity index (χ1n) is 6.77. The average molecular weight is 270 g/mol. The van der Waals surface area contributed by atoms with Crippen LogP contribution in [0, 0.1) is 0 Å². The Kier molecular flexibility index (Phi) is 4.41. The fourth-order valence-electron chi connectivity index (χ4n) is 2.25. The van der Waals surface area contributed by atoms with Crippen LogP contribution < -0.4 is 4.74 Å². The maximum atomic E-state index is 12.3. The van der Waals surface area contributed by atoms with Gasteiger partial charge < -0.3 is 9.84 Å². The molecular weight excluding hydrogens is 252 g/mol. The van der Waals surface area contributed by atoms with Crippen LogP contribution in [0.4, 0.5) is 0 Å². The van der Waals surface area contributed by atoms with Gasteiger partial charge in [-0.3, -0.25) is 0 Å². The van der Waals surface area contributed by atoms with E-state index in [1.165, 1.54) is 17.7 Å². The normalized spacial score (nSPS) is 10.3. The molecule has 0 heterocycles. The van der Waals surface area contributed by atoms with E-state index in [0.717, 1.165) is 18.4 Å². The molecule has 0 spiro atoms. The van der Waals surface area contributed by atoms with E-state index < -0.39 is 0 Å². The molecule has 0 radical (unpaired) electrons. The molecule has 0 atom stereocenters. The molecule has 3 heteroatoms. The zero-order chi connectivity index (χ0) is 14.5. The van der Waals surface area contributed by atoms with Gasteiger partial charge in [0.2, 0.25) is 0 Å². The van der Waals surface area contributed by atoms with Crippen molar-refractivity contribution >= 4 is 5.97 Å². The van der Waals surface area contributed by atoms with Crippen molar-refractivity contribution in [2.75, 3.05) is 0 Å². The second-order valence-corrected chi connectivity index (χ2v) is 4.53. The summed E-state index contributed by atoms with van der Waals surface area (Å²) in [5, 5.41) is 9.22. The Morgan fingerprint density at radius 1 is 1.05 bits per heavy atom. The van der Waals surface area contributed by atoms with Gasteiger partial charge in [0.1, 0.15) is 11.5 Å². The molecule has 0 bridgehead atoms. The van der Waals surface area contributed by atoms with Gasteiger partial charge in [-0.25, -0.2) is 4.79 Å². The number of aryl methyl sites for hydroxylation is 1. The van der Waals surface area contributed by atoms with E-state index >= 15 is 0 Å². The quantitative estimate of drug-likeness (QED) is 0.680. The summed E-state index contributed by atoms with van der Waals surface area (Å²) in [6.45, 7) is 4.11. The number of aromatic hydroxyl groups is 1. The van der Waals surface area contributed by atoms with E-state index in [4.69, 9.17) is 4.74 Å². The number of rotatable bonds is 4. The predicted molar refractivity (Wildman–Crippen MR) is 78.3 cm³/mol. The highest BCUT2D eigenvalue weighted by Gasteiger charge is 2.15. The van der Waals surface area contributed by atoms with Gasteiger partial charge in [0.05, 0.1) is 5.56 Å². The molecular formula is C17H18O3. The highest BCUT2D eigenvalue weighted by Crippen LogP contribution is 2.21. The zero-order valence-corrected chi connectivity index (χ0v) is 11.7. The molecule has 0 fully saturated rings. The lowest BCUT2D eigenvalue weighted by atomic mass is 9.97. The molecule has 2 rings (SSSR count). The van der Waals surface area contributed by atoms with Crippen LogP contribution in [-0.2, 0) is 12.8 Å². The summed E-state index contributed by atoms with van der Waals surface area (Å²) in [6, 6.07) is 11.8. The number of benzene rings is 2. The molecule has 0 saturated heterocycles. The monoisotopic (exact) mass is 270 g/mol. The topological polar surface area (TPSA) is 46.5 Å². The molecule has 1 N–H and O–H groups in total. The molecule has 3 nitrogen and oxygen atoms in total. The van der Waals surface area contributed by atoms with E-state index in [-0.39, 0.29) is 11.7 Å². The van der Waals surface area contributed by atoms with Crippen molar-refractivity contribution in [1.82, 2.24) is 0 Å². The average Bonchev–Trinajstić information content (AvgIpc) is 2.48. The summed E-state index contributed by atoms with van der Waals surface area (Å²) in [7, 11) is 0. The summed E-state index contributed by atoms with van der Waals surface area (Å²) < 4.78 is 5.35. The Bertz CT molecular complexity index is 600. The van der Waals surface area contributed by atoms with Crippen LogP contribution in [0.15, 0.2) is 42.5 Å². The zero-order valence-electron chi connectivity index (χ0n) is 11.7. The molecule has 2 aromatic carbocycles. The van der Waals surface area contributed by atoms with Crippen LogP contribution in [-0.4, -0.2) is 11.1 Å². The number of carbonyl (C=O) groups excluding carboxylic acids is 1. The fraction of sp³-hybridized carbons (Fsp3) is 0.235. The molecule has 2 aromatic rings. The lowest BCUT2D eigenvalue weighted by Gasteiger charge is -2.12. The Morgan fingerprint density at radius 2 is 1.75 bits per heavy atom. The van der Waals surface area contributed by atoms with Gasteiger partial charge in [0.25, 0.3) is 0 Å². The van der Waals surface area contributed by atoms with E-state index in [9.17, 15) is 9.90 Å². The number of esters is 1. The first kappa shape index (κ1) is 14.1. The van der Waals surface area contributed by atoms with Crippen LogP contribution >= 0.6 is 0 Å². The van der Waals surface area contributed by atoms with Crippen LogP contribution in [0.25, 0.3) is 0 Å². The summed E-state index contributed by atoms with van der Waals surface area (Å²) in [5.41, 5.74) is 2.83. The third-order valence-corrected chi connectivity index (χ3v) is 3.27. The van der Waals surface area contributed by atoms with Crippen molar-refractivity contribution in [2.24, 2.45) is 0 Å². The minimum atomic E-state index is -0.358. The number of carbonyl (C=O) groups is 1. The van der Waals surface area contributed by atoms with Gasteiger partial charge in [0.15, 0.2) is 0 Å². The van der Waals surface area contributed by atoms with Crippen molar-refractivity contribution in [3.05, 3.63) is 59.2 Å². The maximum absolute atomic E-state index is 12.3. The lowest BCUT2D eigenvalue weighted by molar-refractivity contribution is 0.0733. The molecule has 0 aliphatic heterocycles. The highest BCUT2D eigenvalue weighted by atomic mass is 16.5. The SMILES string of the molecule is CCc1cccc(C(=O)Oc2ccc(O)cc2)c1CC. The third-order valence-electron chi connectivity index (χ3n) is 3.27. The Hall–Kier alpha value is -2.29. The predicted octanol–water partition coefficient (Wildman–Crippen LogP) is 3.74. The number of phenols is 1. The van der Waals surface area contributed by atoms with Crippen molar-refractivity contribution < 1.29 is 14.6 Å². The van der Waals surface area contributed by atoms with Gasteiger partial charge >= 0.3 is 5.97 Å².